The Bertz CT molecular complexity index is 721. The standard InChI is InChI=1S/C13H15ClN4O2/c1-7(2)3-4-8-5-10(17-18-11(8)14)9-6-15-13(20)16-12(9)19/h5-7H,3-4H2,1-2H3,(H2,15,16,19,20). The first-order chi connectivity index (χ1) is 9.47. The van der Waals surface area contributed by atoms with Crippen LogP contribution in [0, 0.1) is 5.92 Å². The van der Waals surface area contributed by atoms with Gasteiger partial charge in [-0.2, -0.15) is 0 Å². The third-order valence-electron chi connectivity index (χ3n) is 2.91. The molecule has 2 N–H and O–H groups in total. The molecule has 0 bridgehead atoms. The van der Waals surface area contributed by atoms with Gasteiger partial charge < -0.3 is 4.98 Å². The fourth-order valence-corrected chi connectivity index (χ4v) is 1.95. The number of nitrogens with zero attached hydrogens (tertiary/aromatic N) is 2. The topological polar surface area (TPSA) is 91.5 Å². The van der Waals surface area contributed by atoms with Crippen molar-refractivity contribution in [1.82, 2.24) is 20.2 Å². The molecule has 0 amide bonds. The fourth-order valence-electron chi connectivity index (χ4n) is 1.77. The lowest BCUT2D eigenvalue weighted by molar-refractivity contribution is 0.585. The van der Waals surface area contributed by atoms with Crippen molar-refractivity contribution < 1.29 is 0 Å². The van der Waals surface area contributed by atoms with Gasteiger partial charge >= 0.3 is 5.69 Å². The Hall–Kier alpha value is -1.95. The van der Waals surface area contributed by atoms with E-state index < -0.39 is 11.2 Å². The summed E-state index contributed by atoms with van der Waals surface area (Å²) in [7, 11) is 0. The second-order valence-electron chi connectivity index (χ2n) is 4.96. The molecule has 0 atom stereocenters. The molecule has 6 nitrogen and oxygen atoms in total. The summed E-state index contributed by atoms with van der Waals surface area (Å²) in [6.45, 7) is 4.24. The van der Waals surface area contributed by atoms with Gasteiger partial charge in [0.15, 0.2) is 5.15 Å². The van der Waals surface area contributed by atoms with Crippen LogP contribution in [-0.4, -0.2) is 20.2 Å². The van der Waals surface area contributed by atoms with Crippen LogP contribution in [0.5, 0.6) is 0 Å². The Balaban J connectivity index is 2.40. The normalized spacial score (nSPS) is 11.0. The maximum absolute atomic E-state index is 11.7. The number of aryl methyl sites for hydroxylation is 1. The Labute approximate surface area is 120 Å². The van der Waals surface area contributed by atoms with Crippen molar-refractivity contribution in [1.29, 1.82) is 0 Å². The van der Waals surface area contributed by atoms with Crippen LogP contribution < -0.4 is 11.2 Å². The minimum Gasteiger partial charge on any atom is -0.313 e. The van der Waals surface area contributed by atoms with Gasteiger partial charge in [0.1, 0.15) is 5.69 Å². The van der Waals surface area contributed by atoms with Gasteiger partial charge in [-0.3, -0.25) is 9.78 Å². The first kappa shape index (κ1) is 14.5. The largest absolute Gasteiger partial charge is 0.325 e. The lowest BCUT2D eigenvalue weighted by Gasteiger charge is -2.07. The number of hydrogen-bond donors (Lipinski definition) is 2. The van der Waals surface area contributed by atoms with E-state index in [1.165, 1.54) is 6.20 Å². The van der Waals surface area contributed by atoms with Crippen LogP contribution in [-0.2, 0) is 6.42 Å². The van der Waals surface area contributed by atoms with E-state index in [9.17, 15) is 9.59 Å². The number of rotatable bonds is 4. The van der Waals surface area contributed by atoms with Gasteiger partial charge in [-0.05, 0) is 30.4 Å². The lowest BCUT2D eigenvalue weighted by Crippen LogP contribution is -2.23. The molecule has 2 aromatic heterocycles. The minimum absolute atomic E-state index is 0.263. The molecule has 7 heteroatoms. The number of hydrogen-bond acceptors (Lipinski definition) is 4. The highest BCUT2D eigenvalue weighted by molar-refractivity contribution is 6.30. The van der Waals surface area contributed by atoms with Crippen molar-refractivity contribution in [3.63, 3.8) is 0 Å². The Kier molecular flexibility index (Phi) is 4.34. The summed E-state index contributed by atoms with van der Waals surface area (Å²) in [4.78, 5) is 27.3. The van der Waals surface area contributed by atoms with E-state index in [4.69, 9.17) is 11.6 Å². The zero-order valence-corrected chi connectivity index (χ0v) is 12.0. The minimum atomic E-state index is -0.555. The first-order valence-corrected chi connectivity index (χ1v) is 6.69. The monoisotopic (exact) mass is 294 g/mol. The van der Waals surface area contributed by atoms with Gasteiger partial charge in [0.2, 0.25) is 0 Å². The van der Waals surface area contributed by atoms with Gasteiger partial charge in [-0.15, -0.1) is 10.2 Å². The predicted molar refractivity (Wildman–Crippen MR) is 76.9 cm³/mol. The smallest absolute Gasteiger partial charge is 0.313 e. The third-order valence-corrected chi connectivity index (χ3v) is 3.23. The maximum Gasteiger partial charge on any atom is 0.325 e. The summed E-state index contributed by atoms with van der Waals surface area (Å²) < 4.78 is 0. The Morgan fingerprint density at radius 3 is 2.70 bits per heavy atom. The number of halogens is 1. The van der Waals surface area contributed by atoms with Gasteiger partial charge in [0.25, 0.3) is 5.56 Å². The van der Waals surface area contributed by atoms with Gasteiger partial charge in [0.05, 0.1) is 5.56 Å². The highest BCUT2D eigenvalue weighted by Gasteiger charge is 2.11. The van der Waals surface area contributed by atoms with E-state index >= 15 is 0 Å². The molecule has 0 aliphatic rings. The molecule has 20 heavy (non-hydrogen) atoms. The van der Waals surface area contributed by atoms with Gasteiger partial charge in [0, 0.05) is 6.20 Å². The molecule has 0 aromatic carbocycles. The van der Waals surface area contributed by atoms with E-state index in [1.807, 2.05) is 0 Å². The molecule has 0 aliphatic heterocycles. The molecule has 0 spiro atoms. The summed E-state index contributed by atoms with van der Waals surface area (Å²) in [5.74, 6) is 0.541. The molecule has 2 rings (SSSR count). The van der Waals surface area contributed by atoms with Crippen molar-refractivity contribution >= 4 is 11.6 Å². The zero-order valence-electron chi connectivity index (χ0n) is 11.2. The predicted octanol–water partition coefficient (Wildman–Crippen LogP) is 1.76. The van der Waals surface area contributed by atoms with E-state index in [1.54, 1.807) is 6.07 Å². The van der Waals surface area contributed by atoms with Crippen LogP contribution >= 0.6 is 11.6 Å². The van der Waals surface area contributed by atoms with Crippen LogP contribution in [0.3, 0.4) is 0 Å². The molecular weight excluding hydrogens is 280 g/mol. The molecule has 0 radical (unpaired) electrons. The van der Waals surface area contributed by atoms with Crippen molar-refractivity contribution in [3.05, 3.63) is 43.8 Å². The van der Waals surface area contributed by atoms with E-state index in [0.717, 1.165) is 18.4 Å². The van der Waals surface area contributed by atoms with Crippen molar-refractivity contribution in [2.45, 2.75) is 26.7 Å². The highest BCUT2D eigenvalue weighted by atomic mass is 35.5. The van der Waals surface area contributed by atoms with E-state index in [-0.39, 0.29) is 5.56 Å². The number of aromatic amines is 2. The maximum atomic E-state index is 11.7. The van der Waals surface area contributed by atoms with Crippen LogP contribution in [0.4, 0.5) is 0 Å². The number of aromatic nitrogens is 4. The molecule has 2 heterocycles. The molecule has 0 aliphatic carbocycles. The highest BCUT2D eigenvalue weighted by Crippen LogP contribution is 2.20. The van der Waals surface area contributed by atoms with E-state index in [0.29, 0.717) is 16.8 Å². The molecule has 0 unspecified atom stereocenters. The Morgan fingerprint density at radius 2 is 2.05 bits per heavy atom. The molecule has 2 aromatic rings. The molecule has 0 saturated carbocycles. The van der Waals surface area contributed by atoms with Gasteiger partial charge in [-0.1, -0.05) is 25.4 Å². The zero-order chi connectivity index (χ0) is 14.7. The summed E-state index contributed by atoms with van der Waals surface area (Å²) in [6, 6.07) is 1.74. The van der Waals surface area contributed by atoms with Crippen LogP contribution in [0.25, 0.3) is 11.3 Å². The second kappa shape index (κ2) is 6.00. The SMILES string of the molecule is CC(C)CCc1cc(-c2c[nH]c(=O)[nH]c2=O)nnc1Cl. The summed E-state index contributed by atoms with van der Waals surface area (Å²) in [5, 5.41) is 8.11. The second-order valence-corrected chi connectivity index (χ2v) is 5.32. The first-order valence-electron chi connectivity index (χ1n) is 6.32. The number of H-pyrrole nitrogens is 2. The summed E-state index contributed by atoms with van der Waals surface area (Å²) in [5.41, 5.74) is 0.446. The van der Waals surface area contributed by atoms with Crippen LogP contribution in [0.15, 0.2) is 21.9 Å². The number of nitrogens with one attached hydrogen (secondary N) is 2. The molecule has 106 valence electrons. The quantitative estimate of drug-likeness (QED) is 0.899. The molecule has 0 saturated heterocycles. The van der Waals surface area contributed by atoms with Crippen LogP contribution in [0.1, 0.15) is 25.8 Å². The van der Waals surface area contributed by atoms with E-state index in [2.05, 4.69) is 34.0 Å². The summed E-state index contributed by atoms with van der Waals surface area (Å²) in [6.07, 6.45) is 3.05. The average Bonchev–Trinajstić information content (AvgIpc) is 2.38. The van der Waals surface area contributed by atoms with Crippen LogP contribution in [0.2, 0.25) is 5.15 Å². The fraction of sp³-hybridized carbons (Fsp3) is 0.385. The van der Waals surface area contributed by atoms with Crippen molar-refractivity contribution in [3.8, 4) is 11.3 Å². The van der Waals surface area contributed by atoms with Crippen molar-refractivity contribution in [2.75, 3.05) is 0 Å². The lowest BCUT2D eigenvalue weighted by atomic mass is 10.0. The van der Waals surface area contributed by atoms with Gasteiger partial charge in [-0.25, -0.2) is 4.79 Å². The Morgan fingerprint density at radius 1 is 1.30 bits per heavy atom. The molecule has 0 fully saturated rings. The average molecular weight is 295 g/mol. The molecular formula is C13H15ClN4O2. The summed E-state index contributed by atoms with van der Waals surface area (Å²) >= 11 is 6.01. The van der Waals surface area contributed by atoms with Crippen molar-refractivity contribution in [2.24, 2.45) is 5.92 Å². The third kappa shape index (κ3) is 3.33.